The second-order valence-electron chi connectivity index (χ2n) is 6.16. The third kappa shape index (κ3) is 5.63. The van der Waals surface area contributed by atoms with Crippen LogP contribution in [0.4, 0.5) is 5.69 Å². The zero-order valence-electron chi connectivity index (χ0n) is 14.9. The van der Waals surface area contributed by atoms with E-state index in [1.807, 2.05) is 36.2 Å². The lowest BCUT2D eigenvalue weighted by atomic mass is 10.2. The van der Waals surface area contributed by atoms with Crippen molar-refractivity contribution in [3.8, 4) is 0 Å². The van der Waals surface area contributed by atoms with Crippen LogP contribution in [-0.4, -0.2) is 51.2 Å². The number of carbonyl (C=O) groups excluding carboxylic acids is 1. The normalized spacial score (nSPS) is 11.8. The molecule has 2 aromatic rings. The van der Waals surface area contributed by atoms with Gasteiger partial charge in [0, 0.05) is 30.8 Å². The maximum atomic E-state index is 12.2. The quantitative estimate of drug-likeness (QED) is 0.719. The van der Waals surface area contributed by atoms with E-state index in [1.165, 1.54) is 26.2 Å². The van der Waals surface area contributed by atoms with Crippen molar-refractivity contribution in [3.63, 3.8) is 0 Å². The number of hydrogen-bond donors (Lipinski definition) is 1. The van der Waals surface area contributed by atoms with E-state index < -0.39 is 10.0 Å². The van der Waals surface area contributed by atoms with Crippen LogP contribution in [0.25, 0.3) is 0 Å². The van der Waals surface area contributed by atoms with Crippen LogP contribution in [-0.2, 0) is 21.4 Å². The second kappa shape index (κ2) is 8.77. The Morgan fingerprint density at radius 2 is 1.58 bits per heavy atom. The highest BCUT2D eigenvalue weighted by atomic mass is 79.9. The number of halogens is 1. The van der Waals surface area contributed by atoms with Crippen molar-refractivity contribution in [2.45, 2.75) is 11.4 Å². The molecule has 0 radical (unpaired) electrons. The molecule has 2 aromatic carbocycles. The minimum atomic E-state index is -3.47. The summed E-state index contributed by atoms with van der Waals surface area (Å²) in [4.78, 5) is 14.3. The predicted molar refractivity (Wildman–Crippen MR) is 106 cm³/mol. The van der Waals surface area contributed by atoms with E-state index >= 15 is 0 Å². The molecule has 0 unspecified atom stereocenters. The first-order valence-electron chi connectivity index (χ1n) is 7.94. The SMILES string of the molecule is CN(CC(=O)Nc1ccc(S(=O)(=O)N(C)C)cc1)Cc1ccc(Br)cc1. The highest BCUT2D eigenvalue weighted by Gasteiger charge is 2.16. The Morgan fingerprint density at radius 3 is 2.12 bits per heavy atom. The fourth-order valence-corrected chi connectivity index (χ4v) is 3.49. The fourth-order valence-electron chi connectivity index (χ4n) is 2.32. The van der Waals surface area contributed by atoms with Crippen molar-refractivity contribution in [2.24, 2.45) is 0 Å². The van der Waals surface area contributed by atoms with Crippen LogP contribution in [0.1, 0.15) is 5.56 Å². The molecule has 0 atom stereocenters. The summed E-state index contributed by atoms with van der Waals surface area (Å²) in [7, 11) is 1.36. The van der Waals surface area contributed by atoms with Gasteiger partial charge in [-0.3, -0.25) is 9.69 Å². The summed E-state index contributed by atoms with van der Waals surface area (Å²) in [5.41, 5.74) is 1.67. The smallest absolute Gasteiger partial charge is 0.242 e. The molecule has 0 spiro atoms. The van der Waals surface area contributed by atoms with Gasteiger partial charge < -0.3 is 5.32 Å². The highest BCUT2D eigenvalue weighted by Crippen LogP contribution is 2.17. The molecule has 0 heterocycles. The number of amides is 1. The van der Waals surface area contributed by atoms with E-state index in [0.29, 0.717) is 12.2 Å². The molecule has 6 nitrogen and oxygen atoms in total. The maximum absolute atomic E-state index is 12.2. The Morgan fingerprint density at radius 1 is 1.00 bits per heavy atom. The molecule has 1 N–H and O–H groups in total. The zero-order chi connectivity index (χ0) is 19.3. The minimum Gasteiger partial charge on any atom is -0.325 e. The van der Waals surface area contributed by atoms with Gasteiger partial charge in [0.05, 0.1) is 11.4 Å². The average molecular weight is 440 g/mol. The predicted octanol–water partition coefficient (Wildman–Crippen LogP) is 2.77. The van der Waals surface area contributed by atoms with E-state index in [0.717, 1.165) is 14.3 Å². The number of likely N-dealkylation sites (N-methyl/N-ethyl adjacent to an activating group) is 1. The summed E-state index contributed by atoms with van der Waals surface area (Å²) in [6.07, 6.45) is 0. The molecule has 8 heteroatoms. The number of nitrogens with zero attached hydrogens (tertiary/aromatic N) is 2. The highest BCUT2D eigenvalue weighted by molar-refractivity contribution is 9.10. The third-order valence-corrected chi connectivity index (χ3v) is 6.05. The molecule has 0 bridgehead atoms. The van der Waals surface area contributed by atoms with E-state index in [1.54, 1.807) is 12.1 Å². The van der Waals surface area contributed by atoms with Gasteiger partial charge >= 0.3 is 0 Å². The van der Waals surface area contributed by atoms with Crippen LogP contribution in [0.5, 0.6) is 0 Å². The lowest BCUT2D eigenvalue weighted by Crippen LogP contribution is -2.29. The van der Waals surface area contributed by atoms with Crippen molar-refractivity contribution in [1.29, 1.82) is 0 Å². The van der Waals surface area contributed by atoms with E-state index in [2.05, 4.69) is 21.2 Å². The molecule has 0 aromatic heterocycles. The van der Waals surface area contributed by atoms with E-state index in [-0.39, 0.29) is 17.3 Å². The van der Waals surface area contributed by atoms with Crippen LogP contribution >= 0.6 is 15.9 Å². The Hall–Kier alpha value is -1.74. The van der Waals surface area contributed by atoms with Gasteiger partial charge in [0.15, 0.2) is 0 Å². The van der Waals surface area contributed by atoms with Gasteiger partial charge in [-0.15, -0.1) is 0 Å². The first kappa shape index (κ1) is 20.6. The van der Waals surface area contributed by atoms with Crippen LogP contribution in [0.3, 0.4) is 0 Å². The Balaban J connectivity index is 1.92. The molecule has 140 valence electrons. The Kier molecular flexibility index (Phi) is 6.94. The summed E-state index contributed by atoms with van der Waals surface area (Å²) >= 11 is 3.40. The number of benzene rings is 2. The maximum Gasteiger partial charge on any atom is 0.242 e. The van der Waals surface area contributed by atoms with Gasteiger partial charge in [0.25, 0.3) is 0 Å². The topological polar surface area (TPSA) is 69.7 Å². The van der Waals surface area contributed by atoms with Crippen LogP contribution in [0, 0.1) is 0 Å². The summed E-state index contributed by atoms with van der Waals surface area (Å²) in [5, 5.41) is 2.78. The van der Waals surface area contributed by atoms with Crippen LogP contribution in [0.2, 0.25) is 0 Å². The number of rotatable bonds is 7. The van der Waals surface area contributed by atoms with Gasteiger partial charge in [-0.1, -0.05) is 28.1 Å². The molecule has 26 heavy (non-hydrogen) atoms. The average Bonchev–Trinajstić information content (AvgIpc) is 2.57. The Bertz CT molecular complexity index is 850. The molecular formula is C18H22BrN3O3S. The van der Waals surface area contributed by atoms with Crippen LogP contribution in [0.15, 0.2) is 57.9 Å². The van der Waals surface area contributed by atoms with Gasteiger partial charge in [-0.05, 0) is 49.0 Å². The molecule has 0 saturated heterocycles. The molecule has 0 aliphatic carbocycles. The largest absolute Gasteiger partial charge is 0.325 e. The molecule has 0 aliphatic rings. The lowest BCUT2D eigenvalue weighted by molar-refractivity contribution is -0.117. The molecular weight excluding hydrogens is 418 g/mol. The van der Waals surface area contributed by atoms with Gasteiger partial charge in [-0.25, -0.2) is 12.7 Å². The third-order valence-electron chi connectivity index (χ3n) is 3.70. The van der Waals surface area contributed by atoms with Crippen LogP contribution < -0.4 is 5.32 Å². The number of anilines is 1. The molecule has 1 amide bonds. The van der Waals surface area contributed by atoms with Crippen molar-refractivity contribution >= 4 is 37.5 Å². The number of carbonyl (C=O) groups is 1. The number of hydrogen-bond acceptors (Lipinski definition) is 4. The molecule has 0 fully saturated rings. The summed E-state index contributed by atoms with van der Waals surface area (Å²) in [6.45, 7) is 0.883. The summed E-state index contributed by atoms with van der Waals surface area (Å²) in [6, 6.07) is 14.1. The fraction of sp³-hybridized carbons (Fsp3) is 0.278. The number of nitrogens with one attached hydrogen (secondary N) is 1. The first-order valence-corrected chi connectivity index (χ1v) is 10.2. The monoisotopic (exact) mass is 439 g/mol. The zero-order valence-corrected chi connectivity index (χ0v) is 17.3. The van der Waals surface area contributed by atoms with Crippen molar-refractivity contribution in [3.05, 3.63) is 58.6 Å². The van der Waals surface area contributed by atoms with E-state index in [4.69, 9.17) is 0 Å². The molecule has 0 aliphatic heterocycles. The van der Waals surface area contributed by atoms with E-state index in [9.17, 15) is 13.2 Å². The van der Waals surface area contributed by atoms with Gasteiger partial charge in [0.1, 0.15) is 0 Å². The summed E-state index contributed by atoms with van der Waals surface area (Å²) < 4.78 is 26.2. The Labute approximate surface area is 163 Å². The first-order chi connectivity index (χ1) is 12.2. The van der Waals surface area contributed by atoms with Gasteiger partial charge in [-0.2, -0.15) is 0 Å². The standard InChI is InChI=1S/C18H22BrN3O3S/c1-21(2)26(24,25)17-10-8-16(9-11-17)20-18(23)13-22(3)12-14-4-6-15(19)7-5-14/h4-11H,12-13H2,1-3H3,(H,20,23). The minimum absolute atomic E-state index is 0.159. The van der Waals surface area contributed by atoms with Crippen molar-refractivity contribution in [1.82, 2.24) is 9.21 Å². The second-order valence-corrected chi connectivity index (χ2v) is 9.23. The number of sulfonamides is 1. The van der Waals surface area contributed by atoms with Gasteiger partial charge in [0.2, 0.25) is 15.9 Å². The molecule has 2 rings (SSSR count). The molecule has 0 saturated carbocycles. The van der Waals surface area contributed by atoms with Crippen molar-refractivity contribution in [2.75, 3.05) is 33.0 Å². The van der Waals surface area contributed by atoms with Crippen molar-refractivity contribution < 1.29 is 13.2 Å². The summed E-state index contributed by atoms with van der Waals surface area (Å²) in [5.74, 6) is -0.159. The lowest BCUT2D eigenvalue weighted by Gasteiger charge is -2.17.